The number of carbonyl (C=O) groups excluding carboxylic acids is 1. The van der Waals surface area contributed by atoms with E-state index in [0.717, 1.165) is 51.8 Å². The average Bonchev–Trinajstić information content (AvgIpc) is 2.39. The van der Waals surface area contributed by atoms with E-state index in [4.69, 9.17) is 4.74 Å². The molecule has 2 aliphatic heterocycles. The Morgan fingerprint density at radius 3 is 2.74 bits per heavy atom. The quantitative estimate of drug-likeness (QED) is 0.816. The molecule has 0 aromatic heterocycles. The predicted molar refractivity (Wildman–Crippen MR) is 76.0 cm³/mol. The molecule has 2 aliphatic rings. The fraction of sp³-hybridized carbons (Fsp3) is 0.933. The maximum atomic E-state index is 12.2. The van der Waals surface area contributed by atoms with Gasteiger partial charge < -0.3 is 15.4 Å². The van der Waals surface area contributed by atoms with Crippen molar-refractivity contribution in [2.75, 3.05) is 19.7 Å². The molecule has 2 fully saturated rings. The van der Waals surface area contributed by atoms with Gasteiger partial charge in [-0.1, -0.05) is 13.8 Å². The van der Waals surface area contributed by atoms with Crippen molar-refractivity contribution in [1.82, 2.24) is 10.6 Å². The fourth-order valence-electron chi connectivity index (χ4n) is 3.10. The molecule has 4 nitrogen and oxygen atoms in total. The molecular formula is C15H28N2O2. The molecule has 0 bridgehead atoms. The van der Waals surface area contributed by atoms with E-state index in [-0.39, 0.29) is 11.8 Å². The molecule has 2 heterocycles. The fourth-order valence-corrected chi connectivity index (χ4v) is 3.10. The molecule has 0 spiro atoms. The Morgan fingerprint density at radius 1 is 1.32 bits per heavy atom. The van der Waals surface area contributed by atoms with E-state index in [2.05, 4.69) is 24.5 Å². The highest BCUT2D eigenvalue weighted by molar-refractivity contribution is 5.79. The van der Waals surface area contributed by atoms with Gasteiger partial charge in [0, 0.05) is 18.6 Å². The Morgan fingerprint density at radius 2 is 2.05 bits per heavy atom. The van der Waals surface area contributed by atoms with Gasteiger partial charge in [-0.15, -0.1) is 0 Å². The standard InChI is InChI=1S/C15H28N2O2/c1-11(2)9-14-10-13(5-8-19-14)17-15(18)12-3-6-16-7-4-12/h11-14,16H,3-10H2,1-2H3,(H,17,18). The number of hydrogen-bond donors (Lipinski definition) is 2. The van der Waals surface area contributed by atoms with Crippen molar-refractivity contribution in [1.29, 1.82) is 0 Å². The molecule has 2 rings (SSSR count). The highest BCUT2D eigenvalue weighted by Gasteiger charge is 2.27. The lowest BCUT2D eigenvalue weighted by atomic mass is 9.94. The molecule has 0 aromatic rings. The van der Waals surface area contributed by atoms with Gasteiger partial charge in [0.25, 0.3) is 0 Å². The van der Waals surface area contributed by atoms with Crippen molar-refractivity contribution in [3.8, 4) is 0 Å². The van der Waals surface area contributed by atoms with Crippen LogP contribution in [0.1, 0.15) is 46.0 Å². The van der Waals surface area contributed by atoms with Gasteiger partial charge in [0.05, 0.1) is 6.10 Å². The van der Waals surface area contributed by atoms with Crippen molar-refractivity contribution in [3.63, 3.8) is 0 Å². The largest absolute Gasteiger partial charge is 0.378 e. The topological polar surface area (TPSA) is 50.4 Å². The average molecular weight is 268 g/mol. The van der Waals surface area contributed by atoms with Crippen LogP contribution in [0.4, 0.5) is 0 Å². The predicted octanol–water partition coefficient (Wildman–Crippen LogP) is 1.70. The van der Waals surface area contributed by atoms with E-state index in [9.17, 15) is 4.79 Å². The second-order valence-electron chi connectivity index (χ2n) is 6.38. The summed E-state index contributed by atoms with van der Waals surface area (Å²) < 4.78 is 5.78. The van der Waals surface area contributed by atoms with Gasteiger partial charge in [-0.25, -0.2) is 0 Å². The zero-order valence-corrected chi connectivity index (χ0v) is 12.3. The van der Waals surface area contributed by atoms with Crippen LogP contribution in [0, 0.1) is 11.8 Å². The van der Waals surface area contributed by atoms with Crippen molar-refractivity contribution in [2.45, 2.75) is 58.1 Å². The summed E-state index contributed by atoms with van der Waals surface area (Å²) in [6.45, 7) is 7.18. The summed E-state index contributed by atoms with van der Waals surface area (Å²) in [5, 5.41) is 6.55. The van der Waals surface area contributed by atoms with Crippen LogP contribution in [-0.4, -0.2) is 37.7 Å². The van der Waals surface area contributed by atoms with Crippen LogP contribution in [-0.2, 0) is 9.53 Å². The third-order valence-electron chi connectivity index (χ3n) is 4.16. The second-order valence-corrected chi connectivity index (χ2v) is 6.38. The van der Waals surface area contributed by atoms with Crippen LogP contribution in [0.25, 0.3) is 0 Å². The zero-order chi connectivity index (χ0) is 13.7. The highest BCUT2D eigenvalue weighted by atomic mass is 16.5. The molecule has 0 radical (unpaired) electrons. The maximum Gasteiger partial charge on any atom is 0.223 e. The van der Waals surface area contributed by atoms with E-state index < -0.39 is 0 Å². The molecule has 19 heavy (non-hydrogen) atoms. The number of amides is 1. The van der Waals surface area contributed by atoms with E-state index in [1.807, 2.05) is 0 Å². The number of carbonyl (C=O) groups is 1. The molecule has 2 atom stereocenters. The summed E-state index contributed by atoms with van der Waals surface area (Å²) >= 11 is 0. The first-order chi connectivity index (χ1) is 9.15. The Labute approximate surface area is 116 Å². The lowest BCUT2D eigenvalue weighted by Crippen LogP contribution is -2.46. The van der Waals surface area contributed by atoms with E-state index in [1.54, 1.807) is 0 Å². The van der Waals surface area contributed by atoms with Gasteiger partial charge in [0.1, 0.15) is 0 Å². The van der Waals surface area contributed by atoms with E-state index in [0.29, 0.717) is 18.1 Å². The summed E-state index contributed by atoms with van der Waals surface area (Å²) in [6, 6.07) is 0.319. The summed E-state index contributed by atoms with van der Waals surface area (Å²) in [6.07, 6.45) is 5.32. The van der Waals surface area contributed by atoms with Gasteiger partial charge in [-0.2, -0.15) is 0 Å². The minimum Gasteiger partial charge on any atom is -0.378 e. The summed E-state index contributed by atoms with van der Waals surface area (Å²) in [4.78, 5) is 12.2. The third-order valence-corrected chi connectivity index (χ3v) is 4.16. The second kappa shape index (κ2) is 7.25. The first kappa shape index (κ1) is 14.8. The van der Waals surface area contributed by atoms with Crippen LogP contribution in [0.15, 0.2) is 0 Å². The lowest BCUT2D eigenvalue weighted by Gasteiger charge is -2.32. The molecule has 1 amide bonds. The third kappa shape index (κ3) is 4.77. The molecule has 2 unspecified atom stereocenters. The monoisotopic (exact) mass is 268 g/mol. The Bertz CT molecular complexity index is 288. The molecule has 2 N–H and O–H groups in total. The summed E-state index contributed by atoms with van der Waals surface area (Å²) in [5.41, 5.74) is 0. The van der Waals surface area contributed by atoms with Gasteiger partial charge in [0.2, 0.25) is 5.91 Å². The van der Waals surface area contributed by atoms with Crippen molar-refractivity contribution >= 4 is 5.91 Å². The highest BCUT2D eigenvalue weighted by Crippen LogP contribution is 2.21. The number of ether oxygens (including phenoxy) is 1. The smallest absolute Gasteiger partial charge is 0.223 e. The summed E-state index contributed by atoms with van der Waals surface area (Å²) in [7, 11) is 0. The van der Waals surface area contributed by atoms with Crippen LogP contribution >= 0.6 is 0 Å². The molecule has 0 aliphatic carbocycles. The first-order valence-corrected chi connectivity index (χ1v) is 7.78. The number of rotatable bonds is 4. The van der Waals surface area contributed by atoms with Crippen molar-refractivity contribution in [2.24, 2.45) is 11.8 Å². The van der Waals surface area contributed by atoms with Crippen LogP contribution < -0.4 is 10.6 Å². The maximum absolute atomic E-state index is 12.2. The van der Waals surface area contributed by atoms with Crippen molar-refractivity contribution < 1.29 is 9.53 Å². The van der Waals surface area contributed by atoms with Crippen molar-refractivity contribution in [3.05, 3.63) is 0 Å². The molecule has 0 aromatic carbocycles. The molecule has 4 heteroatoms. The summed E-state index contributed by atoms with van der Waals surface area (Å²) in [5.74, 6) is 1.13. The Hall–Kier alpha value is -0.610. The number of hydrogen-bond acceptors (Lipinski definition) is 3. The normalized spacial score (nSPS) is 29.4. The molecule has 2 saturated heterocycles. The minimum absolute atomic E-state index is 0.215. The van der Waals surface area contributed by atoms with Crippen LogP contribution in [0.5, 0.6) is 0 Å². The van der Waals surface area contributed by atoms with E-state index in [1.165, 1.54) is 0 Å². The van der Waals surface area contributed by atoms with Gasteiger partial charge in [-0.05, 0) is 51.1 Å². The van der Waals surface area contributed by atoms with E-state index >= 15 is 0 Å². The zero-order valence-electron chi connectivity index (χ0n) is 12.3. The van der Waals surface area contributed by atoms with Gasteiger partial charge in [-0.3, -0.25) is 4.79 Å². The number of piperidine rings is 1. The Balaban J connectivity index is 1.76. The number of nitrogens with one attached hydrogen (secondary N) is 2. The van der Waals surface area contributed by atoms with Gasteiger partial charge >= 0.3 is 0 Å². The Kier molecular flexibility index (Phi) is 5.64. The van der Waals surface area contributed by atoms with Crippen LogP contribution in [0.2, 0.25) is 0 Å². The minimum atomic E-state index is 0.215. The first-order valence-electron chi connectivity index (χ1n) is 7.78. The molecule has 0 saturated carbocycles. The molecule has 110 valence electrons. The van der Waals surface area contributed by atoms with Gasteiger partial charge in [0.15, 0.2) is 0 Å². The molecular weight excluding hydrogens is 240 g/mol. The lowest BCUT2D eigenvalue weighted by molar-refractivity contribution is -0.127. The SMILES string of the molecule is CC(C)CC1CC(NC(=O)C2CCNCC2)CCO1. The van der Waals surface area contributed by atoms with Crippen LogP contribution in [0.3, 0.4) is 0 Å².